The Balaban J connectivity index is 1.50. The third-order valence-corrected chi connectivity index (χ3v) is 6.36. The third kappa shape index (κ3) is 2.98. The van der Waals surface area contributed by atoms with Crippen molar-refractivity contribution < 1.29 is 4.79 Å². The highest BCUT2D eigenvalue weighted by atomic mass is 16.2. The Morgan fingerprint density at radius 1 is 1.04 bits per heavy atom. The Labute approximate surface area is 165 Å². The molecule has 1 fully saturated rings. The Morgan fingerprint density at radius 2 is 1.86 bits per heavy atom. The SMILES string of the molecule is O=C1NCc2ccccc2CC12CCCCN2Cc1cnc2ccccc2c1. The third-order valence-electron chi connectivity index (χ3n) is 6.36. The minimum Gasteiger partial charge on any atom is -0.350 e. The molecule has 2 aromatic carbocycles. The number of hydrogen-bond donors (Lipinski definition) is 1. The van der Waals surface area contributed by atoms with Gasteiger partial charge in [0.1, 0.15) is 5.54 Å². The lowest BCUT2D eigenvalue weighted by atomic mass is 9.80. The Morgan fingerprint density at radius 3 is 2.79 bits per heavy atom. The van der Waals surface area contributed by atoms with E-state index in [2.05, 4.69) is 51.6 Å². The lowest BCUT2D eigenvalue weighted by Gasteiger charge is -2.45. The van der Waals surface area contributed by atoms with E-state index < -0.39 is 5.54 Å². The first-order chi connectivity index (χ1) is 13.7. The summed E-state index contributed by atoms with van der Waals surface area (Å²) in [6.45, 7) is 2.33. The first-order valence-corrected chi connectivity index (χ1v) is 10.2. The first kappa shape index (κ1) is 17.4. The van der Waals surface area contributed by atoms with Gasteiger partial charge in [-0.25, -0.2) is 0 Å². The summed E-state index contributed by atoms with van der Waals surface area (Å²) < 4.78 is 0. The maximum atomic E-state index is 13.3. The van der Waals surface area contributed by atoms with Gasteiger partial charge in [0.05, 0.1) is 5.52 Å². The van der Waals surface area contributed by atoms with Crippen LogP contribution in [0, 0.1) is 0 Å². The van der Waals surface area contributed by atoms with Gasteiger partial charge in [0.25, 0.3) is 0 Å². The van der Waals surface area contributed by atoms with Crippen LogP contribution in [0.1, 0.15) is 36.0 Å². The summed E-state index contributed by atoms with van der Waals surface area (Å²) in [7, 11) is 0. The summed E-state index contributed by atoms with van der Waals surface area (Å²) in [6, 6.07) is 18.9. The highest BCUT2D eigenvalue weighted by Crippen LogP contribution is 2.36. The van der Waals surface area contributed by atoms with Crippen LogP contribution in [0.3, 0.4) is 0 Å². The average Bonchev–Trinajstić information content (AvgIpc) is 2.87. The van der Waals surface area contributed by atoms with Crippen LogP contribution in [0.15, 0.2) is 60.8 Å². The van der Waals surface area contributed by atoms with Crippen LogP contribution in [-0.4, -0.2) is 27.9 Å². The lowest BCUT2D eigenvalue weighted by Crippen LogP contribution is -2.60. The number of nitrogens with one attached hydrogen (secondary N) is 1. The number of rotatable bonds is 2. The number of likely N-dealkylation sites (tertiary alicyclic amines) is 1. The van der Waals surface area contributed by atoms with Crippen LogP contribution in [-0.2, 0) is 24.3 Å². The monoisotopic (exact) mass is 371 g/mol. The summed E-state index contributed by atoms with van der Waals surface area (Å²) in [5.41, 5.74) is 4.26. The van der Waals surface area contributed by atoms with Gasteiger partial charge in [-0.1, -0.05) is 42.5 Å². The quantitative estimate of drug-likeness (QED) is 0.745. The number of aromatic nitrogens is 1. The van der Waals surface area contributed by atoms with E-state index in [0.717, 1.165) is 49.7 Å². The lowest BCUT2D eigenvalue weighted by molar-refractivity contribution is -0.136. The van der Waals surface area contributed by atoms with E-state index in [1.165, 1.54) is 16.7 Å². The molecule has 1 amide bonds. The zero-order valence-corrected chi connectivity index (χ0v) is 16.0. The average molecular weight is 371 g/mol. The van der Waals surface area contributed by atoms with Gasteiger partial charge in [0.2, 0.25) is 5.91 Å². The van der Waals surface area contributed by atoms with Crippen LogP contribution in [0.2, 0.25) is 0 Å². The fourth-order valence-electron chi connectivity index (χ4n) is 4.84. The van der Waals surface area contributed by atoms with Gasteiger partial charge in [-0.15, -0.1) is 0 Å². The highest BCUT2D eigenvalue weighted by Gasteiger charge is 2.46. The van der Waals surface area contributed by atoms with Gasteiger partial charge in [0.15, 0.2) is 0 Å². The van der Waals surface area contributed by atoms with E-state index in [1.807, 2.05) is 24.4 Å². The number of para-hydroxylation sites is 1. The predicted octanol–water partition coefficient (Wildman–Crippen LogP) is 3.83. The van der Waals surface area contributed by atoms with Crippen LogP contribution in [0.5, 0.6) is 0 Å². The van der Waals surface area contributed by atoms with E-state index in [4.69, 9.17) is 0 Å². The molecule has 1 aromatic heterocycles. The molecule has 5 rings (SSSR count). The van der Waals surface area contributed by atoms with E-state index in [0.29, 0.717) is 6.54 Å². The smallest absolute Gasteiger partial charge is 0.241 e. The molecule has 1 spiro atoms. The van der Waals surface area contributed by atoms with Crippen LogP contribution >= 0.6 is 0 Å². The van der Waals surface area contributed by atoms with Crippen molar-refractivity contribution in [1.82, 2.24) is 15.2 Å². The standard InChI is InChI=1S/C24H25N3O/c28-23-24(14-20-8-1-2-9-21(20)16-26-23)11-5-6-12-27(24)17-18-13-19-7-3-4-10-22(19)25-15-18/h1-4,7-10,13,15H,5-6,11-12,14,16-17H2,(H,26,28). The Bertz CT molecular complexity index is 1030. The molecule has 3 heterocycles. The highest BCUT2D eigenvalue weighted by molar-refractivity contribution is 5.87. The minimum absolute atomic E-state index is 0.178. The molecule has 28 heavy (non-hydrogen) atoms. The second-order valence-corrected chi connectivity index (χ2v) is 8.07. The van der Waals surface area contributed by atoms with Gasteiger partial charge in [0, 0.05) is 31.1 Å². The maximum Gasteiger partial charge on any atom is 0.241 e. The second kappa shape index (κ2) is 7.02. The number of pyridine rings is 1. The van der Waals surface area contributed by atoms with E-state index in [1.54, 1.807) is 0 Å². The number of amides is 1. The summed E-state index contributed by atoms with van der Waals surface area (Å²) in [5.74, 6) is 0.178. The number of carbonyl (C=O) groups is 1. The van der Waals surface area contributed by atoms with Crippen molar-refractivity contribution in [1.29, 1.82) is 0 Å². The van der Waals surface area contributed by atoms with Gasteiger partial charge in [-0.3, -0.25) is 14.7 Å². The molecular weight excluding hydrogens is 346 g/mol. The Hall–Kier alpha value is -2.72. The zero-order chi connectivity index (χ0) is 19.0. The number of nitrogens with zero attached hydrogens (tertiary/aromatic N) is 2. The normalized spacial score (nSPS) is 22.6. The van der Waals surface area contributed by atoms with Crippen molar-refractivity contribution in [2.24, 2.45) is 0 Å². The van der Waals surface area contributed by atoms with Gasteiger partial charge in [-0.05, 0) is 54.6 Å². The van der Waals surface area contributed by atoms with Crippen LogP contribution in [0.4, 0.5) is 0 Å². The molecule has 4 nitrogen and oxygen atoms in total. The largest absolute Gasteiger partial charge is 0.350 e. The first-order valence-electron chi connectivity index (χ1n) is 10.2. The molecule has 1 atom stereocenters. The fraction of sp³-hybridized carbons (Fsp3) is 0.333. The molecule has 0 saturated carbocycles. The Kier molecular flexibility index (Phi) is 4.36. The van der Waals surface area contributed by atoms with Crippen molar-refractivity contribution in [2.75, 3.05) is 6.54 Å². The molecule has 1 N–H and O–H groups in total. The summed E-state index contributed by atoms with van der Waals surface area (Å²) in [4.78, 5) is 20.3. The number of hydrogen-bond acceptors (Lipinski definition) is 3. The molecule has 3 aromatic rings. The van der Waals surface area contributed by atoms with Crippen molar-refractivity contribution in [3.63, 3.8) is 0 Å². The second-order valence-electron chi connectivity index (χ2n) is 8.07. The zero-order valence-electron chi connectivity index (χ0n) is 16.0. The molecule has 1 saturated heterocycles. The molecule has 4 heteroatoms. The fourth-order valence-corrected chi connectivity index (χ4v) is 4.84. The molecule has 0 radical (unpaired) electrons. The topological polar surface area (TPSA) is 45.2 Å². The summed E-state index contributed by atoms with van der Waals surface area (Å²) in [5, 5.41) is 4.36. The van der Waals surface area contributed by atoms with Gasteiger partial charge in [-0.2, -0.15) is 0 Å². The van der Waals surface area contributed by atoms with Crippen molar-refractivity contribution >= 4 is 16.8 Å². The van der Waals surface area contributed by atoms with E-state index in [-0.39, 0.29) is 5.91 Å². The van der Waals surface area contributed by atoms with Crippen LogP contribution < -0.4 is 5.32 Å². The number of piperidine rings is 1. The van der Waals surface area contributed by atoms with E-state index in [9.17, 15) is 4.79 Å². The molecule has 1 unspecified atom stereocenters. The molecule has 142 valence electrons. The predicted molar refractivity (Wildman–Crippen MR) is 111 cm³/mol. The van der Waals surface area contributed by atoms with E-state index >= 15 is 0 Å². The number of benzene rings is 2. The maximum absolute atomic E-state index is 13.3. The number of carbonyl (C=O) groups excluding carboxylic acids is 1. The minimum atomic E-state index is -0.462. The molecular formula is C24H25N3O. The summed E-state index contributed by atoms with van der Waals surface area (Å²) in [6.07, 6.45) is 5.90. The van der Waals surface area contributed by atoms with Crippen molar-refractivity contribution in [2.45, 2.75) is 44.3 Å². The molecule has 0 aliphatic carbocycles. The van der Waals surface area contributed by atoms with Gasteiger partial charge < -0.3 is 5.32 Å². The molecule has 2 aliphatic heterocycles. The molecule has 0 bridgehead atoms. The van der Waals surface area contributed by atoms with Crippen molar-refractivity contribution in [3.8, 4) is 0 Å². The summed E-state index contributed by atoms with van der Waals surface area (Å²) >= 11 is 0. The van der Waals surface area contributed by atoms with Crippen molar-refractivity contribution in [3.05, 3.63) is 77.5 Å². The van der Waals surface area contributed by atoms with Gasteiger partial charge >= 0.3 is 0 Å². The number of fused-ring (bicyclic) bond motifs is 2. The van der Waals surface area contributed by atoms with Crippen LogP contribution in [0.25, 0.3) is 10.9 Å². The molecule has 2 aliphatic rings.